The van der Waals surface area contributed by atoms with Crippen LogP contribution in [0.25, 0.3) is 11.1 Å². The molecule has 0 nitrogen and oxygen atoms in total. The zero-order chi connectivity index (χ0) is 13.0. The number of aryl methyl sites for hydroxylation is 1. The maximum absolute atomic E-state index is 2.50. The monoisotopic (exact) mass is 248 g/mol. The van der Waals surface area contributed by atoms with E-state index < -0.39 is 0 Å². The Morgan fingerprint density at radius 3 is 2.63 bits per heavy atom. The van der Waals surface area contributed by atoms with E-state index in [9.17, 15) is 0 Å². The number of fused-ring (bicyclic) bond motifs is 4. The molecule has 0 bridgehead atoms. The molecule has 0 heteroatoms. The molecule has 0 atom stereocenters. The summed E-state index contributed by atoms with van der Waals surface area (Å²) in [4.78, 5) is 0. The van der Waals surface area contributed by atoms with E-state index in [4.69, 9.17) is 0 Å². The van der Waals surface area contributed by atoms with Crippen LogP contribution in [-0.2, 0) is 18.3 Å². The first-order chi connectivity index (χ1) is 9.15. The minimum atomic E-state index is 0.347. The summed E-state index contributed by atoms with van der Waals surface area (Å²) in [5, 5.41) is 0. The Hall–Kier alpha value is -1.56. The third kappa shape index (κ3) is 1.59. The van der Waals surface area contributed by atoms with Gasteiger partial charge in [0.15, 0.2) is 0 Å². The highest BCUT2D eigenvalue weighted by Crippen LogP contribution is 2.44. The van der Waals surface area contributed by atoms with Crippen LogP contribution in [0.15, 0.2) is 36.4 Å². The molecule has 4 rings (SSSR count). The van der Waals surface area contributed by atoms with Crippen LogP contribution in [-0.4, -0.2) is 0 Å². The van der Waals surface area contributed by atoms with Crippen LogP contribution in [0.4, 0.5) is 0 Å². The third-order valence-corrected chi connectivity index (χ3v) is 4.99. The molecule has 96 valence electrons. The Morgan fingerprint density at radius 2 is 1.74 bits per heavy atom. The molecular formula is C19H20. The summed E-state index contributed by atoms with van der Waals surface area (Å²) in [6, 6.07) is 13.9. The molecular weight excluding hydrogens is 228 g/mol. The van der Waals surface area contributed by atoms with Crippen LogP contribution < -0.4 is 0 Å². The van der Waals surface area contributed by atoms with Crippen LogP contribution in [0.1, 0.15) is 48.9 Å². The molecule has 0 unspecified atom stereocenters. The van der Waals surface area contributed by atoms with E-state index >= 15 is 0 Å². The van der Waals surface area contributed by atoms with E-state index in [2.05, 4.69) is 50.2 Å². The van der Waals surface area contributed by atoms with Gasteiger partial charge in [-0.05, 0) is 64.5 Å². The lowest BCUT2D eigenvalue weighted by molar-refractivity contribution is 0.432. The lowest BCUT2D eigenvalue weighted by Crippen LogP contribution is -2.24. The van der Waals surface area contributed by atoms with E-state index in [0.29, 0.717) is 5.41 Å². The highest BCUT2D eigenvalue weighted by Gasteiger charge is 2.30. The Bertz CT molecular complexity index is 662. The van der Waals surface area contributed by atoms with Gasteiger partial charge < -0.3 is 0 Å². The molecule has 0 aliphatic heterocycles. The van der Waals surface area contributed by atoms with Crippen molar-refractivity contribution in [2.24, 2.45) is 0 Å². The molecule has 0 saturated heterocycles. The largest absolute Gasteiger partial charge is 0.0619 e. The van der Waals surface area contributed by atoms with Crippen molar-refractivity contribution in [1.29, 1.82) is 0 Å². The quantitative estimate of drug-likeness (QED) is 0.532. The molecule has 2 aliphatic rings. The third-order valence-electron chi connectivity index (χ3n) is 4.99. The van der Waals surface area contributed by atoms with Gasteiger partial charge in [0.05, 0.1) is 0 Å². The first kappa shape index (κ1) is 11.3. The van der Waals surface area contributed by atoms with Crippen LogP contribution in [0.3, 0.4) is 0 Å². The SMILES string of the molecule is CC1(C)CCCc2cc3c(cc21)-c1ccccc1C3. The summed E-state index contributed by atoms with van der Waals surface area (Å²) >= 11 is 0. The highest BCUT2D eigenvalue weighted by atomic mass is 14.3. The normalized spacial score (nSPS) is 18.6. The molecule has 0 radical (unpaired) electrons. The average molecular weight is 248 g/mol. The summed E-state index contributed by atoms with van der Waals surface area (Å²) in [5.41, 5.74) is 9.53. The second-order valence-electron chi connectivity index (χ2n) is 6.74. The number of benzene rings is 2. The van der Waals surface area contributed by atoms with Crippen molar-refractivity contribution in [3.8, 4) is 11.1 Å². The van der Waals surface area contributed by atoms with E-state index in [1.54, 1.807) is 11.1 Å². The summed E-state index contributed by atoms with van der Waals surface area (Å²) in [6.07, 6.45) is 5.05. The van der Waals surface area contributed by atoms with Crippen molar-refractivity contribution >= 4 is 0 Å². The number of hydrogen-bond donors (Lipinski definition) is 0. The molecule has 0 N–H and O–H groups in total. The summed E-state index contributed by atoms with van der Waals surface area (Å²) in [6.45, 7) is 4.80. The fourth-order valence-corrected chi connectivity index (χ4v) is 3.93. The molecule has 0 fully saturated rings. The number of rotatable bonds is 0. The van der Waals surface area contributed by atoms with Gasteiger partial charge in [0, 0.05) is 0 Å². The van der Waals surface area contributed by atoms with Gasteiger partial charge in [-0.2, -0.15) is 0 Å². The fraction of sp³-hybridized carbons (Fsp3) is 0.368. The fourth-order valence-electron chi connectivity index (χ4n) is 3.93. The topological polar surface area (TPSA) is 0 Å². The van der Waals surface area contributed by atoms with Crippen LogP contribution >= 0.6 is 0 Å². The minimum absolute atomic E-state index is 0.347. The van der Waals surface area contributed by atoms with E-state index in [1.807, 2.05) is 0 Å². The maximum atomic E-state index is 2.50. The molecule has 19 heavy (non-hydrogen) atoms. The van der Waals surface area contributed by atoms with Gasteiger partial charge in [-0.25, -0.2) is 0 Å². The van der Waals surface area contributed by atoms with Crippen molar-refractivity contribution in [3.05, 3.63) is 58.7 Å². The van der Waals surface area contributed by atoms with Gasteiger partial charge >= 0.3 is 0 Å². The molecule has 0 amide bonds. The van der Waals surface area contributed by atoms with Crippen molar-refractivity contribution in [2.75, 3.05) is 0 Å². The Balaban J connectivity index is 1.95. The van der Waals surface area contributed by atoms with Crippen molar-refractivity contribution < 1.29 is 0 Å². The lowest BCUT2D eigenvalue weighted by atomic mass is 9.72. The predicted molar refractivity (Wildman–Crippen MR) is 80.6 cm³/mol. The van der Waals surface area contributed by atoms with Crippen molar-refractivity contribution in [2.45, 2.75) is 44.9 Å². The summed E-state index contributed by atoms with van der Waals surface area (Å²) in [7, 11) is 0. The highest BCUT2D eigenvalue weighted by molar-refractivity contribution is 5.78. The lowest BCUT2D eigenvalue weighted by Gasteiger charge is -2.33. The zero-order valence-electron chi connectivity index (χ0n) is 11.8. The smallest absolute Gasteiger partial charge is 0.00134 e. The van der Waals surface area contributed by atoms with Crippen LogP contribution in [0.5, 0.6) is 0 Å². The standard InChI is InChI=1S/C19H20/c1-19(2)9-5-7-14-11-15-10-13-6-3-4-8-16(13)17(15)12-18(14)19/h3-4,6,8,11-12H,5,7,9-10H2,1-2H3. The van der Waals surface area contributed by atoms with E-state index in [1.165, 1.54) is 41.5 Å². The van der Waals surface area contributed by atoms with Crippen LogP contribution in [0, 0.1) is 0 Å². The number of hydrogen-bond acceptors (Lipinski definition) is 0. The van der Waals surface area contributed by atoms with Gasteiger partial charge in [0.1, 0.15) is 0 Å². The zero-order valence-corrected chi connectivity index (χ0v) is 11.8. The molecule has 2 aliphatic carbocycles. The Kier molecular flexibility index (Phi) is 2.21. The Labute approximate surface area is 115 Å². The van der Waals surface area contributed by atoms with Gasteiger partial charge in [-0.3, -0.25) is 0 Å². The molecule has 2 aromatic rings. The molecule has 0 spiro atoms. The molecule has 0 saturated carbocycles. The summed E-state index contributed by atoms with van der Waals surface area (Å²) < 4.78 is 0. The van der Waals surface area contributed by atoms with Crippen molar-refractivity contribution in [1.82, 2.24) is 0 Å². The molecule has 2 aromatic carbocycles. The maximum Gasteiger partial charge on any atom is -0.00134 e. The predicted octanol–water partition coefficient (Wildman–Crippen LogP) is 4.87. The second-order valence-corrected chi connectivity index (χ2v) is 6.74. The molecule has 0 heterocycles. The summed E-state index contributed by atoms with van der Waals surface area (Å²) in [5.74, 6) is 0. The van der Waals surface area contributed by atoms with Gasteiger partial charge in [-0.15, -0.1) is 0 Å². The van der Waals surface area contributed by atoms with Crippen molar-refractivity contribution in [3.63, 3.8) is 0 Å². The minimum Gasteiger partial charge on any atom is -0.0619 e. The van der Waals surface area contributed by atoms with Gasteiger partial charge in [0.2, 0.25) is 0 Å². The van der Waals surface area contributed by atoms with Gasteiger partial charge in [-0.1, -0.05) is 50.2 Å². The Morgan fingerprint density at radius 1 is 0.895 bits per heavy atom. The van der Waals surface area contributed by atoms with E-state index in [0.717, 1.165) is 6.42 Å². The first-order valence-electron chi connectivity index (χ1n) is 7.40. The van der Waals surface area contributed by atoms with Crippen LogP contribution in [0.2, 0.25) is 0 Å². The van der Waals surface area contributed by atoms with E-state index in [-0.39, 0.29) is 0 Å². The van der Waals surface area contributed by atoms with Gasteiger partial charge in [0.25, 0.3) is 0 Å². The first-order valence-corrected chi connectivity index (χ1v) is 7.40. The average Bonchev–Trinajstić information content (AvgIpc) is 2.74. The molecule has 0 aromatic heterocycles. The second kappa shape index (κ2) is 3.72.